The van der Waals surface area contributed by atoms with Crippen LogP contribution >= 0.6 is 0 Å². The van der Waals surface area contributed by atoms with Crippen LogP contribution in [0.1, 0.15) is 23.2 Å². The third-order valence-electron chi connectivity index (χ3n) is 3.46. The maximum atomic E-state index is 12.3. The summed E-state index contributed by atoms with van der Waals surface area (Å²) in [5.41, 5.74) is 0.287. The van der Waals surface area contributed by atoms with Gasteiger partial charge < -0.3 is 5.32 Å². The van der Waals surface area contributed by atoms with Crippen molar-refractivity contribution in [1.82, 2.24) is 9.62 Å². The van der Waals surface area contributed by atoms with Crippen LogP contribution in [0.5, 0.6) is 0 Å². The lowest BCUT2D eigenvalue weighted by Crippen LogP contribution is -2.40. The van der Waals surface area contributed by atoms with Gasteiger partial charge in [-0.05, 0) is 31.5 Å². The molecule has 5 nitrogen and oxygen atoms in total. The van der Waals surface area contributed by atoms with Crippen molar-refractivity contribution >= 4 is 15.9 Å². The second kappa shape index (κ2) is 4.07. The second-order valence-electron chi connectivity index (χ2n) is 4.63. The average Bonchev–Trinajstić information content (AvgIpc) is 2.93. The first-order valence-corrected chi connectivity index (χ1v) is 7.44. The minimum Gasteiger partial charge on any atom is -0.312 e. The molecule has 0 radical (unpaired) electrons. The molecule has 0 unspecified atom stereocenters. The van der Waals surface area contributed by atoms with Crippen molar-refractivity contribution in [2.24, 2.45) is 0 Å². The highest BCUT2D eigenvalue weighted by Crippen LogP contribution is 2.30. The van der Waals surface area contributed by atoms with E-state index in [0.29, 0.717) is 0 Å². The van der Waals surface area contributed by atoms with Crippen LogP contribution < -0.4 is 5.32 Å². The Morgan fingerprint density at radius 3 is 2.78 bits per heavy atom. The molecule has 1 atom stereocenters. The van der Waals surface area contributed by atoms with Crippen LogP contribution in [0.25, 0.3) is 0 Å². The number of nitrogens with zero attached hydrogens (tertiary/aromatic N) is 1. The fraction of sp³-hybridized carbons (Fsp3) is 0.417. The van der Waals surface area contributed by atoms with Crippen molar-refractivity contribution in [3.8, 4) is 0 Å². The molecule has 1 saturated heterocycles. The molecule has 2 heterocycles. The number of sulfonamides is 1. The highest BCUT2D eigenvalue weighted by atomic mass is 32.2. The van der Waals surface area contributed by atoms with E-state index >= 15 is 0 Å². The van der Waals surface area contributed by atoms with Gasteiger partial charge in [-0.3, -0.25) is 4.79 Å². The number of carbonyl (C=O) groups excluding carboxylic acids is 1. The van der Waals surface area contributed by atoms with Crippen molar-refractivity contribution in [2.75, 3.05) is 13.1 Å². The zero-order valence-corrected chi connectivity index (χ0v) is 10.6. The number of hydrogen-bond donors (Lipinski definition) is 1. The zero-order valence-electron chi connectivity index (χ0n) is 9.80. The van der Waals surface area contributed by atoms with Crippen LogP contribution in [-0.4, -0.2) is 37.8 Å². The van der Waals surface area contributed by atoms with Crippen LogP contribution in [0.15, 0.2) is 29.2 Å². The highest BCUT2D eigenvalue weighted by Gasteiger charge is 2.41. The van der Waals surface area contributed by atoms with E-state index < -0.39 is 15.9 Å². The summed E-state index contributed by atoms with van der Waals surface area (Å²) in [6.07, 6.45) is 1.94. The maximum Gasteiger partial charge on any atom is 0.269 e. The molecule has 0 aromatic heterocycles. The molecule has 1 amide bonds. The van der Waals surface area contributed by atoms with Gasteiger partial charge in [0, 0.05) is 6.04 Å². The molecular weight excluding hydrogens is 252 g/mol. The van der Waals surface area contributed by atoms with Crippen molar-refractivity contribution in [1.29, 1.82) is 0 Å². The minimum absolute atomic E-state index is 0.0815. The van der Waals surface area contributed by atoms with Gasteiger partial charge in [-0.25, -0.2) is 12.7 Å². The molecule has 0 saturated carbocycles. The number of hydrogen-bond acceptors (Lipinski definition) is 4. The van der Waals surface area contributed by atoms with E-state index in [0.717, 1.165) is 23.7 Å². The molecule has 6 heteroatoms. The monoisotopic (exact) mass is 266 g/mol. The van der Waals surface area contributed by atoms with Gasteiger partial charge in [-0.15, -0.1) is 0 Å². The molecule has 96 valence electrons. The molecule has 0 bridgehead atoms. The van der Waals surface area contributed by atoms with Gasteiger partial charge in [0.25, 0.3) is 15.9 Å². The number of rotatable bonds is 2. The highest BCUT2D eigenvalue weighted by molar-refractivity contribution is 7.90. The second-order valence-corrected chi connectivity index (χ2v) is 6.46. The van der Waals surface area contributed by atoms with Crippen LogP contribution in [0.4, 0.5) is 0 Å². The number of nitrogens with one attached hydrogen (secondary N) is 1. The van der Waals surface area contributed by atoms with Crippen LogP contribution in [0.3, 0.4) is 0 Å². The van der Waals surface area contributed by atoms with Crippen molar-refractivity contribution in [2.45, 2.75) is 23.8 Å². The van der Waals surface area contributed by atoms with E-state index in [1.807, 2.05) is 0 Å². The van der Waals surface area contributed by atoms with E-state index in [-0.39, 0.29) is 23.0 Å². The molecule has 1 N–H and O–H groups in total. The number of benzene rings is 1. The number of fused-ring (bicyclic) bond motifs is 1. The molecular formula is C12H14N2O3S. The summed E-state index contributed by atoms with van der Waals surface area (Å²) >= 11 is 0. The zero-order chi connectivity index (χ0) is 12.8. The maximum absolute atomic E-state index is 12.3. The predicted molar refractivity (Wildman–Crippen MR) is 65.7 cm³/mol. The molecule has 1 aromatic carbocycles. The molecule has 3 rings (SSSR count). The molecule has 2 aliphatic heterocycles. The first-order valence-electron chi connectivity index (χ1n) is 6.00. The summed E-state index contributed by atoms with van der Waals surface area (Å²) < 4.78 is 25.5. The van der Waals surface area contributed by atoms with Gasteiger partial charge in [-0.2, -0.15) is 0 Å². The quantitative estimate of drug-likeness (QED) is 0.850. The third kappa shape index (κ3) is 1.64. The third-order valence-corrected chi connectivity index (χ3v) is 5.27. The van der Waals surface area contributed by atoms with Gasteiger partial charge in [-0.1, -0.05) is 12.1 Å². The summed E-state index contributed by atoms with van der Waals surface area (Å²) in [4.78, 5) is 12.3. The summed E-state index contributed by atoms with van der Waals surface area (Å²) in [5, 5.41) is 3.21. The van der Waals surface area contributed by atoms with Crippen LogP contribution in [0, 0.1) is 0 Å². The van der Waals surface area contributed by atoms with Crippen molar-refractivity contribution in [3.05, 3.63) is 29.8 Å². The fourth-order valence-electron chi connectivity index (χ4n) is 2.52. The van der Waals surface area contributed by atoms with Gasteiger partial charge in [0.05, 0.1) is 12.1 Å². The first-order chi connectivity index (χ1) is 8.60. The SMILES string of the molecule is O=C1c2ccccc2S(=O)(=O)N1C[C@H]1CCCN1. The van der Waals surface area contributed by atoms with Gasteiger partial charge in [0.1, 0.15) is 4.90 Å². The summed E-state index contributed by atoms with van der Waals surface area (Å²) in [6.45, 7) is 1.12. The number of amides is 1. The summed E-state index contributed by atoms with van der Waals surface area (Å²) in [6, 6.07) is 6.46. The Morgan fingerprint density at radius 1 is 1.33 bits per heavy atom. The Labute approximate surface area is 106 Å². The normalized spacial score (nSPS) is 25.4. The molecule has 1 aromatic rings. The standard InChI is InChI=1S/C12H14N2O3S/c15-12-10-5-1-2-6-11(10)18(16,17)14(12)8-9-4-3-7-13-9/h1-2,5-6,9,13H,3-4,7-8H2/t9-/m1/s1. The number of carbonyl (C=O) groups is 1. The van der Waals surface area contributed by atoms with E-state index in [1.54, 1.807) is 18.2 Å². The molecule has 2 aliphatic rings. The lowest BCUT2D eigenvalue weighted by Gasteiger charge is -2.19. The van der Waals surface area contributed by atoms with Gasteiger partial charge >= 0.3 is 0 Å². The van der Waals surface area contributed by atoms with Crippen LogP contribution in [0.2, 0.25) is 0 Å². The molecule has 18 heavy (non-hydrogen) atoms. The minimum atomic E-state index is -3.64. The van der Waals surface area contributed by atoms with Crippen LogP contribution in [-0.2, 0) is 10.0 Å². The van der Waals surface area contributed by atoms with E-state index in [1.165, 1.54) is 6.07 Å². The van der Waals surface area contributed by atoms with Crippen molar-refractivity contribution < 1.29 is 13.2 Å². The largest absolute Gasteiger partial charge is 0.312 e. The Balaban J connectivity index is 1.96. The first kappa shape index (κ1) is 11.7. The van der Waals surface area contributed by atoms with Crippen molar-refractivity contribution in [3.63, 3.8) is 0 Å². The smallest absolute Gasteiger partial charge is 0.269 e. The fourth-order valence-corrected chi connectivity index (χ4v) is 4.14. The Kier molecular flexibility index (Phi) is 2.64. The summed E-state index contributed by atoms with van der Waals surface area (Å²) in [5.74, 6) is -0.403. The van der Waals surface area contributed by atoms with E-state index in [4.69, 9.17) is 0 Å². The van der Waals surface area contributed by atoms with Gasteiger partial charge in [0.2, 0.25) is 0 Å². The molecule has 0 spiro atoms. The van der Waals surface area contributed by atoms with E-state index in [2.05, 4.69) is 5.32 Å². The lowest BCUT2D eigenvalue weighted by atomic mass is 10.2. The molecule has 1 fully saturated rings. The Morgan fingerprint density at radius 2 is 2.11 bits per heavy atom. The van der Waals surface area contributed by atoms with E-state index in [9.17, 15) is 13.2 Å². The topological polar surface area (TPSA) is 66.5 Å². The molecule has 0 aliphatic carbocycles. The summed E-state index contributed by atoms with van der Waals surface area (Å²) in [7, 11) is -3.64. The Hall–Kier alpha value is -1.40. The average molecular weight is 266 g/mol. The van der Waals surface area contributed by atoms with Gasteiger partial charge in [0.15, 0.2) is 0 Å². The lowest BCUT2D eigenvalue weighted by molar-refractivity contribution is 0.0864. The Bertz CT molecular complexity index is 591. The predicted octanol–water partition coefficient (Wildman–Crippen LogP) is 0.583.